The molecule has 0 N–H and O–H groups in total. The van der Waals surface area contributed by atoms with Crippen LogP contribution in [0.25, 0.3) is 0 Å². The first-order valence-electron chi connectivity index (χ1n) is 6.28. The van der Waals surface area contributed by atoms with Gasteiger partial charge in [0.05, 0.1) is 25.7 Å². The number of nitro groups is 3. The minimum Gasteiger partial charge on any atom is -0.258 e. The van der Waals surface area contributed by atoms with Gasteiger partial charge < -0.3 is 0 Å². The van der Waals surface area contributed by atoms with Crippen molar-refractivity contribution in [3.63, 3.8) is 0 Å². The van der Waals surface area contributed by atoms with Crippen molar-refractivity contribution >= 4 is 28.8 Å². The zero-order valence-corrected chi connectivity index (χ0v) is 12.1. The maximum absolute atomic E-state index is 11.2. The monoisotopic (exact) mass is 333 g/mol. The highest BCUT2D eigenvalue weighted by atomic mass is 32.2. The van der Waals surface area contributed by atoms with Gasteiger partial charge in [-0.15, -0.1) is 0 Å². The fraction of sp³-hybridized carbons (Fsp3) is 0.0769. The van der Waals surface area contributed by atoms with Crippen molar-refractivity contribution in [3.8, 4) is 0 Å². The molecule has 9 nitrogen and oxygen atoms in total. The van der Waals surface area contributed by atoms with Gasteiger partial charge in [-0.1, -0.05) is 17.8 Å². The predicted octanol–water partition coefficient (Wildman–Crippen LogP) is 3.47. The van der Waals surface area contributed by atoms with Gasteiger partial charge in [-0.05, 0) is 11.6 Å². The third-order valence-corrected chi connectivity index (χ3v) is 4.70. The van der Waals surface area contributed by atoms with E-state index in [9.17, 15) is 30.3 Å². The number of fused-ring (bicyclic) bond motifs is 2. The topological polar surface area (TPSA) is 129 Å². The Kier molecular flexibility index (Phi) is 3.45. The molecule has 0 fully saturated rings. The van der Waals surface area contributed by atoms with Gasteiger partial charge in [0.2, 0.25) is 0 Å². The highest BCUT2D eigenvalue weighted by Crippen LogP contribution is 2.47. The summed E-state index contributed by atoms with van der Waals surface area (Å²) in [6, 6.07) is 6.63. The molecule has 0 saturated carbocycles. The Morgan fingerprint density at radius 3 is 2.22 bits per heavy atom. The number of hydrogen-bond donors (Lipinski definition) is 0. The zero-order chi connectivity index (χ0) is 16.7. The normalized spacial score (nSPS) is 12.2. The quantitative estimate of drug-likeness (QED) is 0.530. The van der Waals surface area contributed by atoms with Crippen molar-refractivity contribution in [2.24, 2.45) is 0 Å². The van der Waals surface area contributed by atoms with E-state index in [0.717, 1.165) is 17.8 Å². The molecule has 10 heteroatoms. The molecule has 1 aliphatic rings. The molecule has 0 aliphatic carbocycles. The maximum atomic E-state index is 11.2. The Balaban J connectivity index is 2.21. The molecule has 0 unspecified atom stereocenters. The van der Waals surface area contributed by atoms with Crippen LogP contribution in [-0.2, 0) is 6.42 Å². The number of non-ortho nitro benzene ring substituents is 1. The molecular weight excluding hydrogens is 326 g/mol. The third kappa shape index (κ3) is 2.48. The van der Waals surface area contributed by atoms with Crippen LogP contribution in [0.3, 0.4) is 0 Å². The van der Waals surface area contributed by atoms with Crippen LogP contribution < -0.4 is 0 Å². The van der Waals surface area contributed by atoms with Crippen molar-refractivity contribution in [2.45, 2.75) is 16.2 Å². The lowest BCUT2D eigenvalue weighted by Gasteiger charge is -2.18. The summed E-state index contributed by atoms with van der Waals surface area (Å²) >= 11 is 1.02. The average Bonchev–Trinajstić information content (AvgIpc) is 2.50. The van der Waals surface area contributed by atoms with Crippen molar-refractivity contribution < 1.29 is 14.8 Å². The van der Waals surface area contributed by atoms with Gasteiger partial charge in [-0.2, -0.15) is 0 Å². The Labute approximate surface area is 132 Å². The summed E-state index contributed by atoms with van der Waals surface area (Å²) in [4.78, 5) is 32.2. The molecule has 0 saturated heterocycles. The number of nitro benzene ring substituents is 3. The molecule has 1 heterocycles. The minimum atomic E-state index is -0.715. The van der Waals surface area contributed by atoms with Gasteiger partial charge in [-0.25, -0.2) is 0 Å². The van der Waals surface area contributed by atoms with Crippen LogP contribution in [0, 0.1) is 30.3 Å². The Morgan fingerprint density at radius 1 is 0.913 bits per heavy atom. The second-order valence-electron chi connectivity index (χ2n) is 4.76. The third-order valence-electron chi connectivity index (χ3n) is 3.42. The lowest BCUT2D eigenvalue weighted by atomic mass is 10.0. The summed E-state index contributed by atoms with van der Waals surface area (Å²) in [6.45, 7) is 0. The lowest BCUT2D eigenvalue weighted by molar-refractivity contribution is -0.396. The molecule has 0 aromatic heterocycles. The van der Waals surface area contributed by atoms with E-state index in [4.69, 9.17) is 0 Å². The lowest BCUT2D eigenvalue weighted by Crippen LogP contribution is -2.07. The SMILES string of the molecule is O=[N+]([O-])c1cc2c(c([N+](=O)[O-])c1)Sc1cccc([N+](=O)[O-])c1C2. The van der Waals surface area contributed by atoms with Crippen LogP contribution in [-0.4, -0.2) is 14.8 Å². The first-order chi connectivity index (χ1) is 10.9. The molecule has 0 atom stereocenters. The molecule has 23 heavy (non-hydrogen) atoms. The molecular formula is C13H7N3O6S. The van der Waals surface area contributed by atoms with Gasteiger partial charge in [0.25, 0.3) is 17.1 Å². The Bertz CT molecular complexity index is 882. The highest BCUT2D eigenvalue weighted by Gasteiger charge is 2.31. The molecule has 0 radical (unpaired) electrons. The smallest absolute Gasteiger partial charge is 0.258 e. The largest absolute Gasteiger partial charge is 0.290 e. The molecule has 2 aromatic carbocycles. The number of benzene rings is 2. The number of nitrogens with zero attached hydrogens (tertiary/aromatic N) is 3. The van der Waals surface area contributed by atoms with Crippen LogP contribution in [0.15, 0.2) is 40.1 Å². The summed E-state index contributed by atoms with van der Waals surface area (Å²) in [6.07, 6.45) is 0.0390. The van der Waals surface area contributed by atoms with Gasteiger partial charge >= 0.3 is 0 Å². The molecule has 3 rings (SSSR count). The fourth-order valence-electron chi connectivity index (χ4n) is 2.44. The standard InChI is InChI=1S/C13H7N3O6S/c17-14(18)8-4-7-5-9-10(15(19)20)2-1-3-12(9)23-13(7)11(6-8)16(21)22/h1-4,6H,5H2. The van der Waals surface area contributed by atoms with Crippen LogP contribution >= 0.6 is 11.8 Å². The second-order valence-corrected chi connectivity index (χ2v) is 5.81. The molecule has 0 spiro atoms. The highest BCUT2D eigenvalue weighted by molar-refractivity contribution is 7.99. The maximum Gasteiger partial charge on any atom is 0.290 e. The van der Waals surface area contributed by atoms with Gasteiger partial charge in [0, 0.05) is 29.0 Å². The zero-order valence-electron chi connectivity index (χ0n) is 11.3. The van der Waals surface area contributed by atoms with Gasteiger partial charge in [0.15, 0.2) is 0 Å². The minimum absolute atomic E-state index is 0.0390. The second kappa shape index (κ2) is 5.32. The van der Waals surface area contributed by atoms with Gasteiger partial charge in [-0.3, -0.25) is 30.3 Å². The summed E-state index contributed by atoms with van der Waals surface area (Å²) in [5.41, 5.74) is -0.119. The molecule has 116 valence electrons. The summed E-state index contributed by atoms with van der Waals surface area (Å²) < 4.78 is 0. The van der Waals surface area contributed by atoms with Crippen LogP contribution in [0.1, 0.15) is 11.1 Å². The first kappa shape index (κ1) is 14.9. The van der Waals surface area contributed by atoms with Gasteiger partial charge in [0.1, 0.15) is 0 Å². The first-order valence-corrected chi connectivity index (χ1v) is 7.10. The van der Waals surface area contributed by atoms with E-state index in [1.807, 2.05) is 0 Å². The van der Waals surface area contributed by atoms with E-state index >= 15 is 0 Å². The molecule has 0 bridgehead atoms. The van der Waals surface area contributed by atoms with Crippen LogP contribution in [0.4, 0.5) is 17.1 Å². The Hall–Kier alpha value is -3.01. The number of hydrogen-bond acceptors (Lipinski definition) is 7. The van der Waals surface area contributed by atoms with E-state index in [0.29, 0.717) is 16.0 Å². The van der Waals surface area contributed by atoms with Crippen molar-refractivity contribution in [1.82, 2.24) is 0 Å². The van der Waals surface area contributed by atoms with Crippen LogP contribution in [0.5, 0.6) is 0 Å². The van der Waals surface area contributed by atoms with E-state index in [1.165, 1.54) is 18.2 Å². The molecule has 1 aliphatic heterocycles. The van der Waals surface area contributed by atoms with Crippen molar-refractivity contribution in [1.29, 1.82) is 0 Å². The molecule has 0 amide bonds. The average molecular weight is 333 g/mol. The summed E-state index contributed by atoms with van der Waals surface area (Å²) in [5, 5.41) is 33.3. The number of rotatable bonds is 3. The van der Waals surface area contributed by atoms with E-state index in [2.05, 4.69) is 0 Å². The van der Waals surface area contributed by atoms with E-state index in [-0.39, 0.29) is 22.7 Å². The van der Waals surface area contributed by atoms with Crippen molar-refractivity contribution in [3.05, 3.63) is 71.8 Å². The fourth-order valence-corrected chi connectivity index (χ4v) is 3.61. The van der Waals surface area contributed by atoms with Crippen LogP contribution in [0.2, 0.25) is 0 Å². The van der Waals surface area contributed by atoms with Crippen molar-refractivity contribution in [2.75, 3.05) is 0 Å². The van der Waals surface area contributed by atoms with E-state index in [1.54, 1.807) is 6.07 Å². The Morgan fingerprint density at radius 2 is 1.61 bits per heavy atom. The summed E-state index contributed by atoms with van der Waals surface area (Å²) in [5.74, 6) is 0. The predicted molar refractivity (Wildman–Crippen MR) is 79.8 cm³/mol. The van der Waals surface area contributed by atoms with E-state index < -0.39 is 20.5 Å². The summed E-state index contributed by atoms with van der Waals surface area (Å²) in [7, 11) is 0. The molecule has 2 aromatic rings.